The predicted molar refractivity (Wildman–Crippen MR) is 89.6 cm³/mol. The summed E-state index contributed by atoms with van der Waals surface area (Å²) < 4.78 is 0. The molecule has 0 aromatic carbocycles. The Morgan fingerprint density at radius 3 is 2.15 bits per heavy atom. The van der Waals surface area contributed by atoms with Gasteiger partial charge in [0.1, 0.15) is 0 Å². The minimum atomic E-state index is 0.225. The van der Waals surface area contributed by atoms with E-state index in [2.05, 4.69) is 71.9 Å². The molecule has 1 unspecified atom stereocenters. The minimum Gasteiger partial charge on any atom is -0.0842 e. The molecule has 0 amide bonds. The van der Waals surface area contributed by atoms with Gasteiger partial charge in [0.05, 0.1) is 0 Å². The molecule has 0 spiro atoms. The maximum atomic E-state index is 2.39. The second kappa shape index (κ2) is 5.39. The van der Waals surface area contributed by atoms with Crippen molar-refractivity contribution in [3.8, 4) is 0 Å². The Bertz CT molecular complexity index is 481. The molecule has 0 heteroatoms. The molecule has 0 aromatic heterocycles. The smallest absolute Gasteiger partial charge is 0.00561 e. The first-order chi connectivity index (χ1) is 9.21. The molecule has 0 nitrogen and oxygen atoms in total. The van der Waals surface area contributed by atoms with E-state index in [1.165, 1.54) is 19.3 Å². The van der Waals surface area contributed by atoms with Crippen LogP contribution in [0.2, 0.25) is 0 Å². The lowest BCUT2D eigenvalue weighted by Gasteiger charge is -2.40. The third-order valence-electron chi connectivity index (χ3n) is 4.40. The molecule has 0 heterocycles. The van der Waals surface area contributed by atoms with Crippen LogP contribution in [0.15, 0.2) is 47.1 Å². The highest BCUT2D eigenvalue weighted by Crippen LogP contribution is 2.47. The van der Waals surface area contributed by atoms with E-state index in [4.69, 9.17) is 0 Å². The Morgan fingerprint density at radius 2 is 1.65 bits per heavy atom. The van der Waals surface area contributed by atoms with Gasteiger partial charge in [-0.1, -0.05) is 83.1 Å². The lowest BCUT2D eigenvalue weighted by Crippen LogP contribution is -2.27. The Labute approximate surface area is 125 Å². The summed E-state index contributed by atoms with van der Waals surface area (Å²) in [7, 11) is 0. The fraction of sp³-hybridized carbons (Fsp3) is 0.600. The third kappa shape index (κ3) is 3.16. The molecule has 0 N–H and O–H groups in total. The maximum absolute atomic E-state index is 2.39. The lowest BCUT2D eigenvalue weighted by atomic mass is 9.65. The van der Waals surface area contributed by atoms with Gasteiger partial charge in [-0.05, 0) is 35.7 Å². The van der Waals surface area contributed by atoms with E-state index in [0.29, 0.717) is 5.92 Å². The Morgan fingerprint density at radius 1 is 0.950 bits per heavy atom. The molecule has 2 rings (SSSR count). The van der Waals surface area contributed by atoms with Gasteiger partial charge < -0.3 is 0 Å². The molecule has 110 valence electrons. The van der Waals surface area contributed by atoms with Crippen molar-refractivity contribution in [3.63, 3.8) is 0 Å². The van der Waals surface area contributed by atoms with Gasteiger partial charge in [-0.2, -0.15) is 0 Å². The number of allylic oxidation sites excluding steroid dienone is 8. The van der Waals surface area contributed by atoms with Gasteiger partial charge in [0.15, 0.2) is 0 Å². The third-order valence-corrected chi connectivity index (χ3v) is 4.40. The highest BCUT2D eigenvalue weighted by Gasteiger charge is 2.34. The van der Waals surface area contributed by atoms with Crippen LogP contribution in [0.25, 0.3) is 0 Å². The van der Waals surface area contributed by atoms with Crippen LogP contribution in [0.1, 0.15) is 60.8 Å². The lowest BCUT2D eigenvalue weighted by molar-refractivity contribution is 0.400. The summed E-state index contributed by atoms with van der Waals surface area (Å²) in [6.45, 7) is 14.2. The van der Waals surface area contributed by atoms with Crippen LogP contribution in [0.4, 0.5) is 0 Å². The van der Waals surface area contributed by atoms with Gasteiger partial charge in [-0.25, -0.2) is 0 Å². The Balaban J connectivity index is 2.53. The molecular weight excluding hydrogens is 240 g/mol. The molecule has 1 atom stereocenters. The van der Waals surface area contributed by atoms with E-state index < -0.39 is 0 Å². The first kappa shape index (κ1) is 15.4. The molecule has 0 radical (unpaired) electrons. The second-order valence-electron chi connectivity index (χ2n) is 8.23. The molecule has 0 bridgehead atoms. The van der Waals surface area contributed by atoms with E-state index in [1.54, 1.807) is 16.7 Å². The average molecular weight is 270 g/mol. The van der Waals surface area contributed by atoms with Crippen molar-refractivity contribution in [1.29, 1.82) is 0 Å². The van der Waals surface area contributed by atoms with Crippen molar-refractivity contribution in [2.75, 3.05) is 0 Å². The maximum Gasteiger partial charge on any atom is 0.00561 e. The van der Waals surface area contributed by atoms with Crippen LogP contribution in [0, 0.1) is 16.7 Å². The highest BCUT2D eigenvalue weighted by atomic mass is 14.4. The van der Waals surface area contributed by atoms with Crippen molar-refractivity contribution in [2.45, 2.75) is 60.8 Å². The summed E-state index contributed by atoms with van der Waals surface area (Å²) >= 11 is 0. The quantitative estimate of drug-likeness (QED) is 0.530. The monoisotopic (exact) mass is 270 g/mol. The molecule has 0 aliphatic heterocycles. The molecule has 2 aliphatic carbocycles. The zero-order valence-electron chi connectivity index (χ0n) is 14.1. The Kier molecular flexibility index (Phi) is 4.14. The van der Waals surface area contributed by atoms with E-state index >= 15 is 0 Å². The Hall–Kier alpha value is -1.04. The van der Waals surface area contributed by atoms with Gasteiger partial charge in [-0.3, -0.25) is 0 Å². The summed E-state index contributed by atoms with van der Waals surface area (Å²) in [6.07, 6.45) is 15.3. The summed E-state index contributed by atoms with van der Waals surface area (Å²) in [4.78, 5) is 0. The molecule has 20 heavy (non-hydrogen) atoms. The molecule has 0 aromatic rings. The summed E-state index contributed by atoms with van der Waals surface area (Å²) in [5, 5.41) is 0. The topological polar surface area (TPSA) is 0 Å². The van der Waals surface area contributed by atoms with Crippen LogP contribution < -0.4 is 0 Å². The number of hydrogen-bond acceptors (Lipinski definition) is 0. The summed E-state index contributed by atoms with van der Waals surface area (Å²) in [5.74, 6) is 0.610. The van der Waals surface area contributed by atoms with E-state index in [9.17, 15) is 0 Å². The van der Waals surface area contributed by atoms with E-state index in [0.717, 1.165) is 0 Å². The largest absolute Gasteiger partial charge is 0.0842 e. The van der Waals surface area contributed by atoms with Crippen LogP contribution in [0.5, 0.6) is 0 Å². The van der Waals surface area contributed by atoms with E-state index in [-0.39, 0.29) is 10.8 Å². The summed E-state index contributed by atoms with van der Waals surface area (Å²) in [5.41, 5.74) is 5.30. The SMILES string of the molecule is CC(C)(C)C1=C(C(C)(C)C)C(C2=CC=CCC2)CC=C1. The average Bonchev–Trinajstić information content (AvgIpc) is 2.37. The fourth-order valence-electron chi connectivity index (χ4n) is 3.55. The fourth-order valence-corrected chi connectivity index (χ4v) is 3.55. The van der Waals surface area contributed by atoms with Crippen LogP contribution in [-0.4, -0.2) is 0 Å². The van der Waals surface area contributed by atoms with Gasteiger partial charge in [0.2, 0.25) is 0 Å². The first-order valence-corrected chi connectivity index (χ1v) is 7.98. The van der Waals surface area contributed by atoms with E-state index in [1.807, 2.05) is 0 Å². The van der Waals surface area contributed by atoms with Crippen molar-refractivity contribution < 1.29 is 0 Å². The van der Waals surface area contributed by atoms with Crippen molar-refractivity contribution in [3.05, 3.63) is 47.1 Å². The molecule has 0 saturated carbocycles. The normalized spacial score (nSPS) is 24.1. The number of hydrogen-bond donors (Lipinski definition) is 0. The number of rotatable bonds is 1. The van der Waals surface area contributed by atoms with Gasteiger partial charge in [0.25, 0.3) is 0 Å². The van der Waals surface area contributed by atoms with Crippen molar-refractivity contribution in [2.24, 2.45) is 16.7 Å². The standard InChI is InChI=1S/C20H30/c1-19(2,3)17-14-10-13-16(18(17)20(4,5)6)15-11-8-7-9-12-15/h7-8,10-11,14,16H,9,12-13H2,1-6H3. The molecule has 2 aliphatic rings. The van der Waals surface area contributed by atoms with Gasteiger partial charge in [-0.15, -0.1) is 0 Å². The second-order valence-corrected chi connectivity index (χ2v) is 8.23. The molecule has 0 saturated heterocycles. The van der Waals surface area contributed by atoms with Crippen LogP contribution >= 0.6 is 0 Å². The predicted octanol–water partition coefficient (Wildman–Crippen LogP) is 6.23. The molecule has 0 fully saturated rings. The first-order valence-electron chi connectivity index (χ1n) is 7.98. The van der Waals surface area contributed by atoms with Crippen LogP contribution in [0.3, 0.4) is 0 Å². The molecular formula is C20H30. The van der Waals surface area contributed by atoms with Gasteiger partial charge >= 0.3 is 0 Å². The zero-order valence-corrected chi connectivity index (χ0v) is 14.1. The van der Waals surface area contributed by atoms with Crippen molar-refractivity contribution >= 4 is 0 Å². The van der Waals surface area contributed by atoms with Gasteiger partial charge in [0, 0.05) is 5.92 Å². The highest BCUT2D eigenvalue weighted by molar-refractivity contribution is 5.43. The summed E-state index contributed by atoms with van der Waals surface area (Å²) in [6, 6.07) is 0. The van der Waals surface area contributed by atoms with Crippen molar-refractivity contribution in [1.82, 2.24) is 0 Å². The zero-order chi connectivity index (χ0) is 15.0. The minimum absolute atomic E-state index is 0.225. The van der Waals surface area contributed by atoms with Crippen LogP contribution in [-0.2, 0) is 0 Å².